The summed E-state index contributed by atoms with van der Waals surface area (Å²) in [4.78, 5) is 29.7. The van der Waals surface area contributed by atoms with Crippen molar-refractivity contribution in [3.8, 4) is 5.75 Å². The van der Waals surface area contributed by atoms with Gasteiger partial charge in [-0.05, 0) is 31.9 Å². The van der Waals surface area contributed by atoms with Gasteiger partial charge in [-0.2, -0.15) is 4.39 Å². The van der Waals surface area contributed by atoms with Gasteiger partial charge in [0.25, 0.3) is 11.5 Å². The van der Waals surface area contributed by atoms with E-state index in [1.54, 1.807) is 19.2 Å². The van der Waals surface area contributed by atoms with Gasteiger partial charge in [0.1, 0.15) is 21.1 Å². The zero-order chi connectivity index (χ0) is 23.0. The van der Waals surface area contributed by atoms with Gasteiger partial charge < -0.3 is 19.0 Å². The van der Waals surface area contributed by atoms with Gasteiger partial charge in [0.15, 0.2) is 11.4 Å². The third kappa shape index (κ3) is 4.52. The van der Waals surface area contributed by atoms with Crippen molar-refractivity contribution in [1.29, 1.82) is 0 Å². The van der Waals surface area contributed by atoms with Gasteiger partial charge in [0.05, 0.1) is 18.1 Å². The molecule has 0 spiro atoms. The highest BCUT2D eigenvalue weighted by molar-refractivity contribution is 7.90. The summed E-state index contributed by atoms with van der Waals surface area (Å²) in [7, 11) is -3.21. The maximum absolute atomic E-state index is 15.2. The Balaban J connectivity index is 1.69. The van der Waals surface area contributed by atoms with Gasteiger partial charge in [-0.25, -0.2) is 13.4 Å². The number of nitrogens with one attached hydrogen (secondary N) is 1. The number of hydrogen-bond acceptors (Lipinski definition) is 6. The molecule has 3 aromatic heterocycles. The molecule has 1 aliphatic rings. The van der Waals surface area contributed by atoms with Crippen LogP contribution in [0.5, 0.6) is 5.75 Å². The first kappa shape index (κ1) is 22.0. The van der Waals surface area contributed by atoms with Crippen LogP contribution in [0.3, 0.4) is 0 Å². The Kier molecular flexibility index (Phi) is 5.76. The predicted molar refractivity (Wildman–Crippen MR) is 117 cm³/mol. The second-order valence-corrected chi connectivity index (χ2v) is 10.0. The molecule has 1 saturated carbocycles. The number of sulfone groups is 1. The summed E-state index contributed by atoms with van der Waals surface area (Å²) in [5.41, 5.74) is -0.0870. The van der Waals surface area contributed by atoms with E-state index in [-0.39, 0.29) is 47.5 Å². The van der Waals surface area contributed by atoms with E-state index in [2.05, 4.69) is 10.3 Å². The zero-order valence-corrected chi connectivity index (χ0v) is 18.5. The number of aromatic nitrogens is 3. The van der Waals surface area contributed by atoms with E-state index in [4.69, 9.17) is 4.74 Å². The number of carbonyl (C=O) groups is 1. The first-order valence-corrected chi connectivity index (χ1v) is 12.3. The lowest BCUT2D eigenvalue weighted by Crippen LogP contribution is -2.28. The summed E-state index contributed by atoms with van der Waals surface area (Å²) in [5, 5.41) is 2.58. The number of nitrogens with zero attached hydrogens (tertiary/aromatic N) is 3. The minimum atomic E-state index is -3.21. The van der Waals surface area contributed by atoms with Crippen molar-refractivity contribution in [3.05, 3.63) is 58.2 Å². The molecular formula is C21H23FN4O5S. The molecule has 3 aromatic rings. The fourth-order valence-corrected chi connectivity index (χ4v) is 4.00. The predicted octanol–water partition coefficient (Wildman–Crippen LogP) is 2.21. The third-order valence-corrected chi connectivity index (χ3v) is 6.06. The second kappa shape index (κ2) is 8.38. The van der Waals surface area contributed by atoms with E-state index in [1.165, 1.54) is 27.4 Å². The average Bonchev–Trinajstić information content (AvgIpc) is 3.48. The molecule has 0 bridgehead atoms. The topological polar surface area (TPSA) is 112 Å². The minimum Gasteiger partial charge on any atom is -0.488 e. The number of ether oxygens (including phenoxy) is 1. The van der Waals surface area contributed by atoms with E-state index in [0.29, 0.717) is 5.69 Å². The molecule has 0 aromatic carbocycles. The first-order chi connectivity index (χ1) is 15.2. The number of aryl methyl sites for hydroxylation is 1. The van der Waals surface area contributed by atoms with Crippen LogP contribution in [0.4, 0.5) is 10.1 Å². The van der Waals surface area contributed by atoms with Crippen molar-refractivity contribution >= 4 is 27.1 Å². The number of carbonyl (C=O) groups excluding carboxylic acids is 1. The number of amides is 1. The van der Waals surface area contributed by atoms with Crippen molar-refractivity contribution < 1.29 is 22.3 Å². The summed E-state index contributed by atoms with van der Waals surface area (Å²) < 4.78 is 46.3. The van der Waals surface area contributed by atoms with Crippen LogP contribution in [-0.2, 0) is 16.3 Å². The number of imidazole rings is 1. The lowest BCUT2D eigenvalue weighted by molar-refractivity contribution is 0.102. The van der Waals surface area contributed by atoms with Gasteiger partial charge in [0, 0.05) is 37.3 Å². The molecule has 1 amide bonds. The normalized spacial score (nSPS) is 14.0. The van der Waals surface area contributed by atoms with Crippen LogP contribution in [0.1, 0.15) is 41.9 Å². The summed E-state index contributed by atoms with van der Waals surface area (Å²) in [6.07, 6.45) is 7.60. The number of fused-ring (bicyclic) bond motifs is 1. The lowest BCUT2D eigenvalue weighted by Gasteiger charge is -2.13. The summed E-state index contributed by atoms with van der Waals surface area (Å²) in [6, 6.07) is 3.16. The fraction of sp³-hybridized carbons (Fsp3) is 0.381. The van der Waals surface area contributed by atoms with Crippen LogP contribution in [0.25, 0.3) is 5.65 Å². The van der Waals surface area contributed by atoms with Crippen molar-refractivity contribution in [1.82, 2.24) is 14.0 Å². The zero-order valence-electron chi connectivity index (χ0n) is 17.7. The van der Waals surface area contributed by atoms with Crippen molar-refractivity contribution in [2.75, 3.05) is 23.9 Å². The summed E-state index contributed by atoms with van der Waals surface area (Å²) in [5.74, 6) is -1.80. The lowest BCUT2D eigenvalue weighted by atomic mass is 10.2. The van der Waals surface area contributed by atoms with Gasteiger partial charge in [-0.3, -0.25) is 9.59 Å². The smallest absolute Gasteiger partial charge is 0.263 e. The highest BCUT2D eigenvalue weighted by Crippen LogP contribution is 2.34. The monoisotopic (exact) mass is 462 g/mol. The van der Waals surface area contributed by atoms with Gasteiger partial charge in [-0.1, -0.05) is 0 Å². The number of anilines is 1. The molecule has 170 valence electrons. The van der Waals surface area contributed by atoms with Crippen LogP contribution in [0.15, 0.2) is 35.5 Å². The molecule has 3 heterocycles. The van der Waals surface area contributed by atoms with E-state index in [1.807, 2.05) is 0 Å². The average molecular weight is 463 g/mol. The Hall–Kier alpha value is -3.21. The third-order valence-electron chi connectivity index (χ3n) is 5.12. The van der Waals surface area contributed by atoms with Crippen molar-refractivity contribution in [2.45, 2.75) is 32.2 Å². The van der Waals surface area contributed by atoms with E-state index < -0.39 is 27.1 Å². The fourth-order valence-electron chi connectivity index (χ4n) is 3.42. The van der Waals surface area contributed by atoms with Crippen LogP contribution < -0.4 is 15.6 Å². The van der Waals surface area contributed by atoms with Crippen LogP contribution >= 0.6 is 0 Å². The summed E-state index contributed by atoms with van der Waals surface area (Å²) >= 11 is 0. The number of rotatable bonds is 8. The molecule has 4 rings (SSSR count). The molecule has 9 nitrogen and oxygen atoms in total. The molecular weight excluding hydrogens is 439 g/mol. The summed E-state index contributed by atoms with van der Waals surface area (Å²) in [6.45, 7) is 1.81. The largest absolute Gasteiger partial charge is 0.488 e. The van der Waals surface area contributed by atoms with E-state index >= 15 is 4.39 Å². The Labute approximate surface area is 183 Å². The molecule has 0 atom stereocenters. The quantitative estimate of drug-likeness (QED) is 0.549. The number of halogens is 1. The molecule has 32 heavy (non-hydrogen) atoms. The maximum atomic E-state index is 15.2. The first-order valence-electron chi connectivity index (χ1n) is 10.2. The van der Waals surface area contributed by atoms with Crippen molar-refractivity contribution in [2.24, 2.45) is 0 Å². The molecule has 0 unspecified atom stereocenters. The Bertz CT molecular complexity index is 1360. The number of hydrogen-bond donors (Lipinski definition) is 1. The Morgan fingerprint density at radius 1 is 1.34 bits per heavy atom. The van der Waals surface area contributed by atoms with Crippen molar-refractivity contribution in [3.63, 3.8) is 0 Å². The van der Waals surface area contributed by atoms with E-state index in [0.717, 1.165) is 19.1 Å². The van der Waals surface area contributed by atoms with E-state index in [9.17, 15) is 18.0 Å². The van der Waals surface area contributed by atoms with Gasteiger partial charge in [0.2, 0.25) is 5.82 Å². The van der Waals surface area contributed by atoms with Crippen LogP contribution in [0, 0.1) is 5.82 Å². The minimum absolute atomic E-state index is 0.0372. The Morgan fingerprint density at radius 3 is 2.75 bits per heavy atom. The highest BCUT2D eigenvalue weighted by Gasteiger charge is 2.27. The van der Waals surface area contributed by atoms with Crippen LogP contribution in [0.2, 0.25) is 0 Å². The SMILES string of the molecule is CCOc1c(NC(=O)c2cccn(C3CC3)c2=O)cn2cc(CCS(C)(=O)=O)nc2c1F. The standard InChI is InChI=1S/C21H23FN4O5S/c1-3-31-18-16(24-20(27)15-5-4-9-26(21(15)28)14-6-7-14)12-25-11-13(8-10-32(2,29)30)23-19(25)17(18)22/h4-5,9,11-12,14H,3,6-8,10H2,1-2H3,(H,24,27). The maximum Gasteiger partial charge on any atom is 0.263 e. The number of pyridine rings is 2. The molecule has 0 aliphatic heterocycles. The van der Waals surface area contributed by atoms with Gasteiger partial charge in [-0.15, -0.1) is 0 Å². The second-order valence-electron chi connectivity index (χ2n) is 7.78. The molecule has 1 N–H and O–H groups in total. The van der Waals surface area contributed by atoms with Crippen LogP contribution in [-0.4, -0.2) is 46.9 Å². The molecule has 11 heteroatoms. The molecule has 1 fully saturated rings. The molecule has 0 saturated heterocycles. The highest BCUT2D eigenvalue weighted by atomic mass is 32.2. The molecule has 1 aliphatic carbocycles. The molecule has 0 radical (unpaired) electrons. The Morgan fingerprint density at radius 2 is 2.09 bits per heavy atom. The van der Waals surface area contributed by atoms with Gasteiger partial charge >= 0.3 is 0 Å².